The van der Waals surface area contributed by atoms with Gasteiger partial charge in [0.1, 0.15) is 11.3 Å². The van der Waals surface area contributed by atoms with Crippen LogP contribution in [0.5, 0.6) is 0 Å². The Hall–Kier alpha value is -1.08. The van der Waals surface area contributed by atoms with Crippen LogP contribution in [0.15, 0.2) is 24.3 Å². The third-order valence-electron chi connectivity index (χ3n) is 3.29. The quantitative estimate of drug-likeness (QED) is 0.494. The second-order valence-electron chi connectivity index (χ2n) is 4.52. The van der Waals surface area contributed by atoms with Crippen LogP contribution in [-0.2, 0) is 12.4 Å². The summed E-state index contributed by atoms with van der Waals surface area (Å²) in [5, 5.41) is 4.55. The largest absolute Gasteiger partial charge is 0.279 e. The standard InChI is InChI=1S/C14H14ClIN4/c1-3-19-14-13(9(2)18-19)17-12(8-15)20(14)11-7-5-4-6-10(11)16/h4-7H,3,8H2,1-2H3. The Morgan fingerprint density at radius 3 is 2.70 bits per heavy atom. The fourth-order valence-electron chi connectivity index (χ4n) is 2.41. The van der Waals surface area contributed by atoms with Gasteiger partial charge in [-0.25, -0.2) is 9.67 Å². The molecule has 0 atom stereocenters. The zero-order valence-electron chi connectivity index (χ0n) is 11.3. The minimum absolute atomic E-state index is 0.378. The van der Waals surface area contributed by atoms with Gasteiger partial charge in [0, 0.05) is 10.1 Å². The molecule has 6 heteroatoms. The van der Waals surface area contributed by atoms with Gasteiger partial charge in [0.25, 0.3) is 0 Å². The number of aryl methyl sites for hydroxylation is 2. The number of aromatic nitrogens is 4. The molecule has 0 bridgehead atoms. The highest BCUT2D eigenvalue weighted by Crippen LogP contribution is 2.27. The SMILES string of the molecule is CCn1nc(C)c2nc(CCl)n(-c3ccccc3I)c21. The lowest BCUT2D eigenvalue weighted by atomic mass is 10.3. The van der Waals surface area contributed by atoms with Crippen molar-refractivity contribution in [1.29, 1.82) is 0 Å². The molecule has 2 heterocycles. The van der Waals surface area contributed by atoms with Crippen molar-refractivity contribution in [2.75, 3.05) is 0 Å². The van der Waals surface area contributed by atoms with Gasteiger partial charge in [0.2, 0.25) is 0 Å². The van der Waals surface area contributed by atoms with E-state index in [1.165, 1.54) is 0 Å². The molecule has 1 aromatic carbocycles. The zero-order valence-corrected chi connectivity index (χ0v) is 14.2. The van der Waals surface area contributed by atoms with E-state index in [1.807, 2.05) is 23.7 Å². The molecule has 0 saturated carbocycles. The van der Waals surface area contributed by atoms with Gasteiger partial charge in [-0.3, -0.25) is 4.57 Å². The summed E-state index contributed by atoms with van der Waals surface area (Å²) in [5.41, 5.74) is 3.99. The molecule has 0 radical (unpaired) electrons. The van der Waals surface area contributed by atoms with E-state index in [0.717, 1.165) is 38.5 Å². The van der Waals surface area contributed by atoms with Crippen LogP contribution in [0.1, 0.15) is 18.4 Å². The molecule has 2 aromatic heterocycles. The van der Waals surface area contributed by atoms with Crippen molar-refractivity contribution in [2.45, 2.75) is 26.3 Å². The molecule has 0 spiro atoms. The average molecular weight is 401 g/mol. The molecular formula is C14H14ClIN4. The summed E-state index contributed by atoms with van der Waals surface area (Å²) in [4.78, 5) is 4.66. The fraction of sp³-hybridized carbons (Fsp3) is 0.286. The van der Waals surface area contributed by atoms with Gasteiger partial charge in [0.15, 0.2) is 5.65 Å². The molecule has 3 rings (SSSR count). The van der Waals surface area contributed by atoms with Crippen LogP contribution >= 0.6 is 34.2 Å². The lowest BCUT2D eigenvalue weighted by molar-refractivity contribution is 0.660. The topological polar surface area (TPSA) is 35.6 Å². The average Bonchev–Trinajstić information content (AvgIpc) is 2.97. The number of alkyl halides is 1. The van der Waals surface area contributed by atoms with Gasteiger partial charge in [-0.15, -0.1) is 11.6 Å². The molecule has 0 N–H and O–H groups in total. The predicted molar refractivity (Wildman–Crippen MR) is 89.5 cm³/mol. The number of imidazole rings is 1. The Morgan fingerprint density at radius 1 is 1.30 bits per heavy atom. The van der Waals surface area contributed by atoms with Gasteiger partial charge in [-0.2, -0.15) is 5.10 Å². The van der Waals surface area contributed by atoms with E-state index < -0.39 is 0 Å². The summed E-state index contributed by atoms with van der Waals surface area (Å²) < 4.78 is 5.27. The number of rotatable bonds is 3. The van der Waals surface area contributed by atoms with E-state index in [4.69, 9.17) is 11.6 Å². The Balaban J connectivity index is 2.41. The number of halogens is 2. The Labute approximate surface area is 135 Å². The van der Waals surface area contributed by atoms with Gasteiger partial charge in [0.05, 0.1) is 17.3 Å². The van der Waals surface area contributed by atoms with Gasteiger partial charge in [-0.05, 0) is 48.6 Å². The van der Waals surface area contributed by atoms with Crippen molar-refractivity contribution >= 4 is 45.4 Å². The molecular weight excluding hydrogens is 387 g/mol. The first-order valence-corrected chi connectivity index (χ1v) is 8.04. The first kappa shape index (κ1) is 13.9. The number of para-hydroxylation sites is 1. The lowest BCUT2D eigenvalue weighted by Crippen LogP contribution is -2.07. The van der Waals surface area contributed by atoms with Gasteiger partial charge in [-0.1, -0.05) is 12.1 Å². The molecule has 0 aliphatic carbocycles. The second kappa shape index (κ2) is 5.37. The molecule has 0 unspecified atom stereocenters. The summed E-state index contributed by atoms with van der Waals surface area (Å²) in [5.74, 6) is 1.23. The van der Waals surface area contributed by atoms with Crippen LogP contribution in [0.2, 0.25) is 0 Å². The van der Waals surface area contributed by atoms with E-state index >= 15 is 0 Å². The van der Waals surface area contributed by atoms with Crippen molar-refractivity contribution in [3.05, 3.63) is 39.4 Å². The number of benzene rings is 1. The molecule has 0 saturated heterocycles. The van der Waals surface area contributed by atoms with E-state index in [-0.39, 0.29) is 0 Å². The molecule has 0 amide bonds. The molecule has 0 aliphatic heterocycles. The maximum Gasteiger partial charge on any atom is 0.163 e. The highest BCUT2D eigenvalue weighted by molar-refractivity contribution is 14.1. The molecule has 104 valence electrons. The molecule has 0 fully saturated rings. The smallest absolute Gasteiger partial charge is 0.163 e. The van der Waals surface area contributed by atoms with E-state index in [1.54, 1.807) is 0 Å². The highest BCUT2D eigenvalue weighted by atomic mass is 127. The fourth-order valence-corrected chi connectivity index (χ4v) is 3.22. The van der Waals surface area contributed by atoms with E-state index in [0.29, 0.717) is 5.88 Å². The Morgan fingerprint density at radius 2 is 2.05 bits per heavy atom. The van der Waals surface area contributed by atoms with Gasteiger partial charge < -0.3 is 0 Å². The second-order valence-corrected chi connectivity index (χ2v) is 5.95. The van der Waals surface area contributed by atoms with Crippen LogP contribution in [0.4, 0.5) is 0 Å². The maximum absolute atomic E-state index is 6.10. The van der Waals surface area contributed by atoms with E-state index in [9.17, 15) is 0 Å². The highest BCUT2D eigenvalue weighted by Gasteiger charge is 2.19. The summed E-state index contributed by atoms with van der Waals surface area (Å²) in [6, 6.07) is 8.23. The number of fused-ring (bicyclic) bond motifs is 1. The summed E-state index contributed by atoms with van der Waals surface area (Å²) in [7, 11) is 0. The summed E-state index contributed by atoms with van der Waals surface area (Å²) in [6.07, 6.45) is 0. The van der Waals surface area contributed by atoms with Crippen LogP contribution < -0.4 is 0 Å². The minimum Gasteiger partial charge on any atom is -0.279 e. The van der Waals surface area contributed by atoms with Crippen molar-refractivity contribution in [3.8, 4) is 5.69 Å². The summed E-state index contributed by atoms with van der Waals surface area (Å²) >= 11 is 8.43. The van der Waals surface area contributed by atoms with Gasteiger partial charge >= 0.3 is 0 Å². The van der Waals surface area contributed by atoms with Crippen LogP contribution in [0, 0.1) is 10.5 Å². The van der Waals surface area contributed by atoms with Crippen LogP contribution in [0.25, 0.3) is 16.9 Å². The first-order valence-electron chi connectivity index (χ1n) is 6.43. The Kier molecular flexibility index (Phi) is 3.72. The first-order chi connectivity index (χ1) is 9.67. The van der Waals surface area contributed by atoms with E-state index in [2.05, 4.69) is 56.3 Å². The normalized spacial score (nSPS) is 11.4. The molecule has 3 aromatic rings. The minimum atomic E-state index is 0.378. The predicted octanol–water partition coefficient (Wildman–Crippen LogP) is 3.89. The monoisotopic (exact) mass is 400 g/mol. The van der Waals surface area contributed by atoms with Crippen molar-refractivity contribution in [1.82, 2.24) is 19.3 Å². The van der Waals surface area contributed by atoms with Crippen LogP contribution in [-0.4, -0.2) is 19.3 Å². The molecule has 4 nitrogen and oxygen atoms in total. The maximum atomic E-state index is 6.10. The molecule has 0 aliphatic rings. The Bertz CT molecular complexity index is 775. The number of hydrogen-bond donors (Lipinski definition) is 0. The third kappa shape index (κ3) is 2.03. The van der Waals surface area contributed by atoms with Crippen molar-refractivity contribution in [2.24, 2.45) is 0 Å². The van der Waals surface area contributed by atoms with Crippen LogP contribution in [0.3, 0.4) is 0 Å². The van der Waals surface area contributed by atoms with Crippen molar-refractivity contribution < 1.29 is 0 Å². The number of nitrogens with zero attached hydrogens (tertiary/aromatic N) is 4. The third-order valence-corrected chi connectivity index (χ3v) is 4.44. The van der Waals surface area contributed by atoms with Crippen molar-refractivity contribution in [3.63, 3.8) is 0 Å². The summed E-state index contributed by atoms with van der Waals surface area (Å²) in [6.45, 7) is 4.88. The zero-order chi connectivity index (χ0) is 14.3. The molecule has 20 heavy (non-hydrogen) atoms. The lowest BCUT2D eigenvalue weighted by Gasteiger charge is -2.11. The number of hydrogen-bond acceptors (Lipinski definition) is 2.